The third-order valence-electron chi connectivity index (χ3n) is 5.40. The van der Waals surface area contributed by atoms with Crippen LogP contribution >= 0.6 is 0 Å². The Kier molecular flexibility index (Phi) is 6.15. The minimum absolute atomic E-state index is 0.141. The molecule has 1 N–H and O–H groups in total. The fourth-order valence-corrected chi connectivity index (χ4v) is 4.21. The van der Waals surface area contributed by atoms with Gasteiger partial charge in [-0.25, -0.2) is 0 Å². The molecular weight excluding hydrogens is 234 g/mol. The molecule has 0 bridgehead atoms. The Morgan fingerprint density at radius 1 is 1.05 bits per heavy atom. The molecule has 0 amide bonds. The Balaban J connectivity index is 1.93. The third kappa shape index (κ3) is 4.46. The van der Waals surface area contributed by atoms with Crippen molar-refractivity contribution in [3.05, 3.63) is 0 Å². The molecule has 0 aromatic carbocycles. The minimum atomic E-state index is -0.141. The van der Waals surface area contributed by atoms with Crippen LogP contribution in [-0.2, 0) is 0 Å². The highest BCUT2D eigenvalue weighted by Crippen LogP contribution is 2.33. The van der Waals surface area contributed by atoms with Crippen molar-refractivity contribution in [3.8, 4) is 0 Å². The highest BCUT2D eigenvalue weighted by atomic mass is 16.3. The summed E-state index contributed by atoms with van der Waals surface area (Å²) in [6.45, 7) is 5.57. The molecular formula is C17H33NO. The molecule has 19 heavy (non-hydrogen) atoms. The molecule has 1 heterocycles. The van der Waals surface area contributed by atoms with Crippen molar-refractivity contribution in [1.29, 1.82) is 0 Å². The highest BCUT2D eigenvalue weighted by molar-refractivity contribution is 4.86. The highest BCUT2D eigenvalue weighted by Gasteiger charge is 2.31. The molecule has 2 fully saturated rings. The second-order valence-electron chi connectivity index (χ2n) is 6.91. The smallest absolute Gasteiger partial charge is 0.0527 e. The number of hydrogen-bond donors (Lipinski definition) is 1. The monoisotopic (exact) mass is 267 g/mol. The van der Waals surface area contributed by atoms with E-state index in [0.717, 1.165) is 18.4 Å². The van der Waals surface area contributed by atoms with Crippen molar-refractivity contribution < 1.29 is 5.11 Å². The zero-order valence-electron chi connectivity index (χ0n) is 13.0. The molecule has 2 heteroatoms. The van der Waals surface area contributed by atoms with E-state index in [1.165, 1.54) is 64.3 Å². The van der Waals surface area contributed by atoms with Gasteiger partial charge in [0, 0.05) is 12.1 Å². The van der Waals surface area contributed by atoms with E-state index < -0.39 is 0 Å². The number of nitrogens with zero attached hydrogens (tertiary/aromatic N) is 1. The van der Waals surface area contributed by atoms with Crippen molar-refractivity contribution in [1.82, 2.24) is 4.90 Å². The lowest BCUT2D eigenvalue weighted by molar-refractivity contribution is 0.0593. The van der Waals surface area contributed by atoms with Gasteiger partial charge in [-0.1, -0.05) is 26.2 Å². The van der Waals surface area contributed by atoms with Gasteiger partial charge in [0.1, 0.15) is 0 Å². The Morgan fingerprint density at radius 2 is 1.79 bits per heavy atom. The van der Waals surface area contributed by atoms with Crippen LogP contribution in [0.15, 0.2) is 0 Å². The fourth-order valence-electron chi connectivity index (χ4n) is 4.21. The first-order valence-electron chi connectivity index (χ1n) is 8.64. The van der Waals surface area contributed by atoms with Gasteiger partial charge < -0.3 is 5.11 Å². The predicted octanol–water partition coefficient (Wildman–Crippen LogP) is 3.97. The molecule has 0 aromatic heterocycles. The van der Waals surface area contributed by atoms with E-state index in [0.29, 0.717) is 6.04 Å². The number of rotatable bonds is 4. The molecule has 2 aliphatic rings. The molecule has 0 aromatic rings. The maximum atomic E-state index is 9.77. The molecule has 1 aliphatic carbocycles. The zero-order chi connectivity index (χ0) is 13.7. The summed E-state index contributed by atoms with van der Waals surface area (Å²) >= 11 is 0. The van der Waals surface area contributed by atoms with Crippen molar-refractivity contribution in [2.24, 2.45) is 5.92 Å². The van der Waals surface area contributed by atoms with E-state index in [-0.39, 0.29) is 6.10 Å². The summed E-state index contributed by atoms with van der Waals surface area (Å²) in [5.74, 6) is 0.985. The lowest BCUT2D eigenvalue weighted by Crippen LogP contribution is -2.45. The first-order chi connectivity index (χ1) is 9.20. The first-order valence-corrected chi connectivity index (χ1v) is 8.64. The molecule has 2 unspecified atom stereocenters. The second kappa shape index (κ2) is 7.64. The fraction of sp³-hybridized carbons (Fsp3) is 1.00. The molecule has 2 rings (SSSR count). The van der Waals surface area contributed by atoms with Gasteiger partial charge in [0.25, 0.3) is 0 Å². The van der Waals surface area contributed by atoms with Crippen LogP contribution < -0.4 is 0 Å². The van der Waals surface area contributed by atoms with Gasteiger partial charge in [0.05, 0.1) is 6.10 Å². The Bertz CT molecular complexity index is 246. The normalized spacial score (nSPS) is 35.8. The van der Waals surface area contributed by atoms with Crippen molar-refractivity contribution in [2.45, 2.75) is 96.2 Å². The molecule has 2 atom stereocenters. The Hall–Kier alpha value is -0.0800. The predicted molar refractivity (Wildman–Crippen MR) is 81.3 cm³/mol. The number of hydrogen-bond acceptors (Lipinski definition) is 2. The largest absolute Gasteiger partial charge is 0.393 e. The van der Waals surface area contributed by atoms with Crippen LogP contribution in [-0.4, -0.2) is 34.7 Å². The number of aliphatic hydroxyl groups excluding tert-OH is 1. The van der Waals surface area contributed by atoms with Gasteiger partial charge in [-0.2, -0.15) is 0 Å². The lowest BCUT2D eigenvalue weighted by atomic mass is 9.83. The summed E-state index contributed by atoms with van der Waals surface area (Å²) in [6, 6.07) is 1.45. The van der Waals surface area contributed by atoms with E-state index in [1.54, 1.807) is 0 Å². The summed E-state index contributed by atoms with van der Waals surface area (Å²) in [4.78, 5) is 2.78. The van der Waals surface area contributed by atoms with Gasteiger partial charge in [0.2, 0.25) is 0 Å². The average Bonchev–Trinajstić information content (AvgIpc) is 2.64. The molecule has 1 saturated carbocycles. The van der Waals surface area contributed by atoms with Crippen molar-refractivity contribution >= 4 is 0 Å². The van der Waals surface area contributed by atoms with Gasteiger partial charge in [-0.15, -0.1) is 0 Å². The third-order valence-corrected chi connectivity index (χ3v) is 5.40. The summed E-state index contributed by atoms with van der Waals surface area (Å²) in [5.41, 5.74) is 0. The van der Waals surface area contributed by atoms with E-state index in [1.807, 2.05) is 6.92 Å². The lowest BCUT2D eigenvalue weighted by Gasteiger charge is -2.41. The summed E-state index contributed by atoms with van der Waals surface area (Å²) in [6.07, 6.45) is 13.3. The SMILES string of the molecule is CCC1CCC(N2CCCCCC2CC(C)O)CC1. The Labute approximate surface area is 119 Å². The molecule has 1 saturated heterocycles. The van der Waals surface area contributed by atoms with Gasteiger partial charge in [-0.3, -0.25) is 4.90 Å². The van der Waals surface area contributed by atoms with Crippen LogP contribution in [0.1, 0.15) is 78.1 Å². The van der Waals surface area contributed by atoms with Crippen LogP contribution in [0.4, 0.5) is 0 Å². The van der Waals surface area contributed by atoms with Gasteiger partial charge in [-0.05, 0) is 64.3 Å². The summed E-state index contributed by atoms with van der Waals surface area (Å²) < 4.78 is 0. The van der Waals surface area contributed by atoms with Crippen LogP contribution in [0.25, 0.3) is 0 Å². The van der Waals surface area contributed by atoms with Gasteiger partial charge in [0.15, 0.2) is 0 Å². The van der Waals surface area contributed by atoms with Crippen LogP contribution in [0.3, 0.4) is 0 Å². The van der Waals surface area contributed by atoms with Crippen LogP contribution in [0.2, 0.25) is 0 Å². The van der Waals surface area contributed by atoms with Gasteiger partial charge >= 0.3 is 0 Å². The summed E-state index contributed by atoms with van der Waals surface area (Å²) in [5, 5.41) is 9.77. The summed E-state index contributed by atoms with van der Waals surface area (Å²) in [7, 11) is 0. The molecule has 1 aliphatic heterocycles. The quantitative estimate of drug-likeness (QED) is 0.833. The van der Waals surface area contributed by atoms with E-state index >= 15 is 0 Å². The van der Waals surface area contributed by atoms with Crippen LogP contribution in [0.5, 0.6) is 0 Å². The Morgan fingerprint density at radius 3 is 2.42 bits per heavy atom. The minimum Gasteiger partial charge on any atom is -0.393 e. The standard InChI is InChI=1S/C17H33NO/c1-3-15-8-10-16(11-9-15)18-12-6-4-5-7-17(18)13-14(2)19/h14-17,19H,3-13H2,1-2H3. The van der Waals surface area contributed by atoms with Crippen molar-refractivity contribution in [3.63, 3.8) is 0 Å². The molecule has 112 valence electrons. The molecule has 0 spiro atoms. The maximum Gasteiger partial charge on any atom is 0.0527 e. The molecule has 2 nitrogen and oxygen atoms in total. The number of aliphatic hydroxyl groups is 1. The van der Waals surface area contributed by atoms with E-state index in [9.17, 15) is 5.11 Å². The maximum absolute atomic E-state index is 9.77. The topological polar surface area (TPSA) is 23.5 Å². The first kappa shape index (κ1) is 15.3. The number of likely N-dealkylation sites (tertiary alicyclic amines) is 1. The second-order valence-corrected chi connectivity index (χ2v) is 6.91. The van der Waals surface area contributed by atoms with E-state index in [2.05, 4.69) is 11.8 Å². The zero-order valence-corrected chi connectivity index (χ0v) is 13.0. The molecule has 0 radical (unpaired) electrons. The van der Waals surface area contributed by atoms with Crippen LogP contribution in [0, 0.1) is 5.92 Å². The average molecular weight is 267 g/mol. The van der Waals surface area contributed by atoms with Crippen molar-refractivity contribution in [2.75, 3.05) is 6.54 Å². The van der Waals surface area contributed by atoms with E-state index in [4.69, 9.17) is 0 Å².